The van der Waals surface area contributed by atoms with Gasteiger partial charge in [0.05, 0.1) is 25.8 Å². The van der Waals surface area contributed by atoms with Crippen LogP contribution < -0.4 is 9.47 Å². The van der Waals surface area contributed by atoms with Gasteiger partial charge in [-0.15, -0.1) is 0 Å². The van der Waals surface area contributed by atoms with Crippen LogP contribution in [0.3, 0.4) is 0 Å². The Hall–Kier alpha value is -3.32. The van der Waals surface area contributed by atoms with Crippen molar-refractivity contribution in [3.05, 3.63) is 65.2 Å². The van der Waals surface area contributed by atoms with Crippen molar-refractivity contribution in [3.63, 3.8) is 0 Å². The Bertz CT molecular complexity index is 983. The second kappa shape index (κ2) is 9.00. The van der Waals surface area contributed by atoms with Crippen LogP contribution in [0.2, 0.25) is 0 Å². The number of likely N-dealkylation sites (tertiary alicyclic amines) is 1. The highest BCUT2D eigenvalue weighted by Gasteiger charge is 2.46. The van der Waals surface area contributed by atoms with Crippen molar-refractivity contribution in [1.82, 2.24) is 9.80 Å². The van der Waals surface area contributed by atoms with Crippen molar-refractivity contribution in [3.8, 4) is 11.5 Å². The number of rotatable bonds is 7. The SMILES string of the molecule is COc1cccc(/C(O)=C2/C(=O)C(=O)N(CCN(C)C)C2c2ccccc2OC)c1. The number of methoxy groups -OCH3 is 2. The first-order chi connectivity index (χ1) is 14.4. The summed E-state index contributed by atoms with van der Waals surface area (Å²) in [5, 5.41) is 11.1. The molecule has 3 rings (SSSR count). The highest BCUT2D eigenvalue weighted by molar-refractivity contribution is 6.46. The van der Waals surface area contributed by atoms with E-state index < -0.39 is 17.7 Å². The quantitative estimate of drug-likeness (QED) is 0.430. The van der Waals surface area contributed by atoms with Crippen LogP contribution in [0.1, 0.15) is 17.2 Å². The fraction of sp³-hybridized carbons (Fsp3) is 0.304. The molecule has 7 nitrogen and oxygen atoms in total. The van der Waals surface area contributed by atoms with Gasteiger partial charge in [-0.25, -0.2) is 0 Å². The fourth-order valence-electron chi connectivity index (χ4n) is 3.56. The van der Waals surface area contributed by atoms with Crippen LogP contribution in [0, 0.1) is 0 Å². The summed E-state index contributed by atoms with van der Waals surface area (Å²) in [6.07, 6.45) is 0. The van der Waals surface area contributed by atoms with Gasteiger partial charge in [-0.05, 0) is 32.3 Å². The summed E-state index contributed by atoms with van der Waals surface area (Å²) in [6, 6.07) is 13.2. The maximum Gasteiger partial charge on any atom is 0.295 e. The minimum Gasteiger partial charge on any atom is -0.507 e. The molecule has 1 fully saturated rings. The third-order valence-corrected chi connectivity index (χ3v) is 5.10. The molecule has 1 amide bonds. The third-order valence-electron chi connectivity index (χ3n) is 5.10. The molecule has 1 saturated heterocycles. The van der Waals surface area contributed by atoms with Crippen LogP contribution in [0.5, 0.6) is 11.5 Å². The van der Waals surface area contributed by atoms with E-state index in [1.54, 1.807) is 36.4 Å². The lowest BCUT2D eigenvalue weighted by atomic mass is 9.94. The largest absolute Gasteiger partial charge is 0.507 e. The van der Waals surface area contributed by atoms with Gasteiger partial charge in [0.1, 0.15) is 17.3 Å². The number of hydrogen-bond donors (Lipinski definition) is 1. The van der Waals surface area contributed by atoms with Gasteiger partial charge >= 0.3 is 0 Å². The standard InChI is InChI=1S/C23H26N2O5/c1-24(2)12-13-25-20(17-10-5-6-11-18(17)30-4)19(22(27)23(25)28)21(26)15-8-7-9-16(14-15)29-3/h5-11,14,20,26H,12-13H2,1-4H3/b21-19-. The van der Waals surface area contributed by atoms with Crippen LogP contribution in [0.25, 0.3) is 5.76 Å². The highest BCUT2D eigenvalue weighted by Crippen LogP contribution is 2.42. The molecule has 1 unspecified atom stereocenters. The van der Waals surface area contributed by atoms with Crippen LogP contribution >= 0.6 is 0 Å². The summed E-state index contributed by atoms with van der Waals surface area (Å²) in [5.74, 6) is -0.525. The zero-order valence-electron chi connectivity index (χ0n) is 17.6. The third kappa shape index (κ3) is 4.02. The van der Waals surface area contributed by atoms with Gasteiger partial charge in [-0.2, -0.15) is 0 Å². The molecule has 1 heterocycles. The number of ketones is 1. The predicted molar refractivity (Wildman–Crippen MR) is 114 cm³/mol. The minimum absolute atomic E-state index is 0.0384. The molecule has 0 aromatic heterocycles. The molecular weight excluding hydrogens is 384 g/mol. The van der Waals surface area contributed by atoms with Gasteiger partial charge in [0, 0.05) is 24.2 Å². The lowest BCUT2D eigenvalue weighted by Gasteiger charge is -2.27. The van der Waals surface area contributed by atoms with E-state index in [2.05, 4.69) is 0 Å². The summed E-state index contributed by atoms with van der Waals surface area (Å²) in [5.41, 5.74) is 1.08. The Morgan fingerprint density at radius 1 is 1.07 bits per heavy atom. The number of aliphatic hydroxyl groups excluding tert-OH is 1. The summed E-state index contributed by atoms with van der Waals surface area (Å²) in [7, 11) is 6.84. The second-order valence-electron chi connectivity index (χ2n) is 7.27. The van der Waals surface area contributed by atoms with E-state index in [-0.39, 0.29) is 11.3 Å². The topological polar surface area (TPSA) is 79.3 Å². The number of benzene rings is 2. The smallest absolute Gasteiger partial charge is 0.295 e. The van der Waals surface area contributed by atoms with Crippen molar-refractivity contribution in [2.75, 3.05) is 41.4 Å². The molecule has 1 aliphatic heterocycles. The molecule has 1 aliphatic rings. The first-order valence-corrected chi connectivity index (χ1v) is 9.59. The van der Waals surface area contributed by atoms with E-state index in [1.165, 1.54) is 19.1 Å². The Balaban J connectivity index is 2.20. The zero-order chi connectivity index (χ0) is 21.8. The molecule has 2 aromatic rings. The maximum atomic E-state index is 13.0. The van der Waals surface area contributed by atoms with Crippen molar-refractivity contribution in [1.29, 1.82) is 0 Å². The molecule has 0 spiro atoms. The summed E-state index contributed by atoms with van der Waals surface area (Å²) in [6.45, 7) is 0.896. The number of Topliss-reactive ketones (excluding diaryl/α,β-unsaturated/α-hetero) is 1. The molecular formula is C23H26N2O5. The number of carbonyl (C=O) groups excluding carboxylic acids is 2. The van der Waals surface area contributed by atoms with Crippen molar-refractivity contribution < 1.29 is 24.2 Å². The Labute approximate surface area is 176 Å². The molecule has 7 heteroatoms. The number of ether oxygens (including phenoxy) is 2. The average Bonchev–Trinajstić information content (AvgIpc) is 3.01. The van der Waals surface area contributed by atoms with E-state index in [4.69, 9.17) is 9.47 Å². The number of aliphatic hydroxyl groups is 1. The van der Waals surface area contributed by atoms with Crippen LogP contribution in [0.4, 0.5) is 0 Å². The van der Waals surface area contributed by atoms with E-state index >= 15 is 0 Å². The molecule has 0 bridgehead atoms. The minimum atomic E-state index is -0.757. The molecule has 2 aromatic carbocycles. The molecule has 0 aliphatic carbocycles. The monoisotopic (exact) mass is 410 g/mol. The van der Waals surface area contributed by atoms with Crippen molar-refractivity contribution >= 4 is 17.4 Å². The normalized spacial score (nSPS) is 18.2. The lowest BCUT2D eigenvalue weighted by molar-refractivity contribution is -0.140. The Morgan fingerprint density at radius 3 is 2.47 bits per heavy atom. The number of hydrogen-bond acceptors (Lipinski definition) is 6. The molecule has 30 heavy (non-hydrogen) atoms. The lowest BCUT2D eigenvalue weighted by Crippen LogP contribution is -2.35. The van der Waals surface area contributed by atoms with Gasteiger partial charge in [-0.3, -0.25) is 9.59 Å². The summed E-state index contributed by atoms with van der Waals surface area (Å²) >= 11 is 0. The van der Waals surface area contributed by atoms with Crippen molar-refractivity contribution in [2.24, 2.45) is 0 Å². The first-order valence-electron chi connectivity index (χ1n) is 9.59. The van der Waals surface area contributed by atoms with Gasteiger partial charge < -0.3 is 24.4 Å². The van der Waals surface area contributed by atoms with Crippen molar-refractivity contribution in [2.45, 2.75) is 6.04 Å². The maximum absolute atomic E-state index is 13.0. The van der Waals surface area contributed by atoms with Gasteiger partial charge in [0.15, 0.2) is 0 Å². The van der Waals surface area contributed by atoms with Crippen LogP contribution in [0.15, 0.2) is 54.1 Å². The number of likely N-dealkylation sites (N-methyl/N-ethyl adjacent to an activating group) is 1. The van der Waals surface area contributed by atoms with Gasteiger partial charge in [0.25, 0.3) is 11.7 Å². The molecule has 0 radical (unpaired) electrons. The molecule has 1 atom stereocenters. The Kier molecular flexibility index (Phi) is 6.42. The first kappa shape index (κ1) is 21.4. The summed E-state index contributed by atoms with van der Waals surface area (Å²) in [4.78, 5) is 29.4. The van der Waals surface area contributed by atoms with E-state index in [0.717, 1.165) is 0 Å². The van der Waals surface area contributed by atoms with E-state index in [1.807, 2.05) is 31.1 Å². The second-order valence-corrected chi connectivity index (χ2v) is 7.27. The number of amides is 1. The predicted octanol–water partition coefficient (Wildman–Crippen LogP) is 2.69. The van der Waals surface area contributed by atoms with E-state index in [0.29, 0.717) is 35.7 Å². The van der Waals surface area contributed by atoms with Crippen LogP contribution in [-0.2, 0) is 9.59 Å². The van der Waals surface area contributed by atoms with Gasteiger partial charge in [0.2, 0.25) is 0 Å². The zero-order valence-corrected chi connectivity index (χ0v) is 17.6. The highest BCUT2D eigenvalue weighted by atomic mass is 16.5. The van der Waals surface area contributed by atoms with E-state index in [9.17, 15) is 14.7 Å². The number of para-hydroxylation sites is 1. The average molecular weight is 410 g/mol. The van der Waals surface area contributed by atoms with Gasteiger partial charge in [-0.1, -0.05) is 30.3 Å². The fourth-order valence-corrected chi connectivity index (χ4v) is 3.56. The number of carbonyl (C=O) groups is 2. The summed E-state index contributed by atoms with van der Waals surface area (Å²) < 4.78 is 10.7. The van der Waals surface area contributed by atoms with Crippen LogP contribution in [-0.4, -0.2) is 68.0 Å². The number of nitrogens with zero attached hydrogens (tertiary/aromatic N) is 2. The molecule has 1 N–H and O–H groups in total. The molecule has 158 valence electrons. The Morgan fingerprint density at radius 2 is 1.80 bits per heavy atom. The molecule has 0 saturated carbocycles.